The lowest BCUT2D eigenvalue weighted by molar-refractivity contribution is 0.439. The van der Waals surface area contributed by atoms with E-state index in [9.17, 15) is 8.78 Å². The maximum Gasteiger partial charge on any atom is 0.230 e. The van der Waals surface area contributed by atoms with E-state index < -0.39 is 5.82 Å². The lowest BCUT2D eigenvalue weighted by atomic mass is 9.99. The number of nitrogens with zero attached hydrogens (tertiary/aromatic N) is 1. The summed E-state index contributed by atoms with van der Waals surface area (Å²) in [6, 6.07) is 10.8. The fourth-order valence-electron chi connectivity index (χ4n) is 2.16. The van der Waals surface area contributed by atoms with Gasteiger partial charge in [-0.25, -0.2) is 8.78 Å². The lowest BCUT2D eigenvalue weighted by Crippen LogP contribution is -1.91. The summed E-state index contributed by atoms with van der Waals surface area (Å²) in [5, 5.41) is 3.84. The first-order chi connectivity index (χ1) is 10.1. The molecule has 0 aliphatic carbocycles. The summed E-state index contributed by atoms with van der Waals surface area (Å²) in [6.45, 7) is 1.66. The SMILES string of the molecule is Cc1ccc(-c2noc(N)c2-c2ccccc2F)cc1F. The monoisotopic (exact) mass is 286 g/mol. The predicted molar refractivity (Wildman–Crippen MR) is 76.4 cm³/mol. The van der Waals surface area contributed by atoms with Gasteiger partial charge in [0.05, 0.1) is 5.56 Å². The molecule has 0 unspecified atom stereocenters. The number of anilines is 1. The van der Waals surface area contributed by atoms with Gasteiger partial charge in [0, 0.05) is 11.1 Å². The molecular formula is C16H12F2N2O. The summed E-state index contributed by atoms with van der Waals surface area (Å²) in [4.78, 5) is 0. The minimum atomic E-state index is -0.443. The van der Waals surface area contributed by atoms with Crippen molar-refractivity contribution in [3.63, 3.8) is 0 Å². The van der Waals surface area contributed by atoms with Crippen LogP contribution in [0.1, 0.15) is 5.56 Å². The second-order valence-corrected chi connectivity index (χ2v) is 4.71. The molecule has 0 spiro atoms. The molecule has 0 saturated heterocycles. The largest absolute Gasteiger partial charge is 0.367 e. The Balaban J connectivity index is 2.22. The molecule has 3 aromatic rings. The number of hydrogen-bond donors (Lipinski definition) is 1. The first kappa shape index (κ1) is 13.3. The summed E-state index contributed by atoms with van der Waals surface area (Å²) >= 11 is 0. The highest BCUT2D eigenvalue weighted by Gasteiger charge is 2.20. The zero-order valence-electron chi connectivity index (χ0n) is 11.2. The highest BCUT2D eigenvalue weighted by atomic mass is 19.1. The summed E-state index contributed by atoms with van der Waals surface area (Å²) in [5.74, 6) is -0.814. The third-order valence-electron chi connectivity index (χ3n) is 3.31. The fraction of sp³-hybridized carbons (Fsp3) is 0.0625. The summed E-state index contributed by atoms with van der Waals surface area (Å²) in [7, 11) is 0. The number of nitrogen functional groups attached to an aromatic ring is 1. The Morgan fingerprint density at radius 3 is 2.52 bits per heavy atom. The molecule has 2 N–H and O–H groups in total. The standard InChI is InChI=1S/C16H12F2N2O/c1-9-6-7-10(8-13(9)18)15-14(16(19)21-20-15)11-4-2-3-5-12(11)17/h2-8H,19H2,1H3. The molecule has 0 aliphatic heterocycles. The van der Waals surface area contributed by atoms with Gasteiger partial charge in [-0.1, -0.05) is 35.5 Å². The summed E-state index contributed by atoms with van der Waals surface area (Å²) < 4.78 is 32.7. The maximum absolute atomic E-state index is 14.0. The van der Waals surface area contributed by atoms with Crippen molar-refractivity contribution < 1.29 is 13.3 Å². The Morgan fingerprint density at radius 1 is 1.05 bits per heavy atom. The van der Waals surface area contributed by atoms with Crippen LogP contribution in [0.4, 0.5) is 14.7 Å². The van der Waals surface area contributed by atoms with E-state index in [4.69, 9.17) is 10.3 Å². The highest BCUT2D eigenvalue weighted by Crippen LogP contribution is 2.37. The molecule has 5 heteroatoms. The minimum absolute atomic E-state index is 0.00363. The Bertz CT molecular complexity index is 812. The van der Waals surface area contributed by atoms with Crippen molar-refractivity contribution in [2.45, 2.75) is 6.92 Å². The van der Waals surface area contributed by atoms with Crippen LogP contribution in [0.3, 0.4) is 0 Å². The second-order valence-electron chi connectivity index (χ2n) is 4.71. The summed E-state index contributed by atoms with van der Waals surface area (Å²) in [6.07, 6.45) is 0. The van der Waals surface area contributed by atoms with Gasteiger partial charge in [-0.3, -0.25) is 0 Å². The molecule has 1 heterocycles. The van der Waals surface area contributed by atoms with Crippen LogP contribution >= 0.6 is 0 Å². The van der Waals surface area contributed by atoms with E-state index in [0.29, 0.717) is 22.4 Å². The predicted octanol–water partition coefficient (Wildman–Crippen LogP) is 4.18. The first-order valence-electron chi connectivity index (χ1n) is 6.34. The smallest absolute Gasteiger partial charge is 0.230 e. The number of aryl methyl sites for hydroxylation is 1. The average Bonchev–Trinajstić information content (AvgIpc) is 2.84. The number of halogens is 2. The molecule has 0 atom stereocenters. The average molecular weight is 286 g/mol. The molecule has 0 bridgehead atoms. The van der Waals surface area contributed by atoms with Crippen molar-refractivity contribution in [1.82, 2.24) is 5.16 Å². The molecule has 3 nitrogen and oxygen atoms in total. The topological polar surface area (TPSA) is 52.0 Å². The van der Waals surface area contributed by atoms with Gasteiger partial charge in [0.2, 0.25) is 5.88 Å². The van der Waals surface area contributed by atoms with Gasteiger partial charge in [-0.2, -0.15) is 0 Å². The van der Waals surface area contributed by atoms with E-state index in [0.717, 1.165) is 0 Å². The number of benzene rings is 2. The second kappa shape index (κ2) is 5.01. The molecule has 106 valence electrons. The normalized spacial score (nSPS) is 10.8. The van der Waals surface area contributed by atoms with Crippen LogP contribution in [0.15, 0.2) is 47.0 Å². The van der Waals surface area contributed by atoms with E-state index in [1.165, 1.54) is 12.1 Å². The Morgan fingerprint density at radius 2 is 1.81 bits per heavy atom. The molecule has 3 rings (SSSR count). The Hall–Kier alpha value is -2.69. The van der Waals surface area contributed by atoms with Crippen LogP contribution in [0.5, 0.6) is 0 Å². The van der Waals surface area contributed by atoms with Gasteiger partial charge < -0.3 is 10.3 Å². The van der Waals surface area contributed by atoms with Crippen LogP contribution in [-0.2, 0) is 0 Å². The third-order valence-corrected chi connectivity index (χ3v) is 3.31. The zero-order valence-corrected chi connectivity index (χ0v) is 11.2. The van der Waals surface area contributed by atoms with E-state index in [-0.39, 0.29) is 17.3 Å². The van der Waals surface area contributed by atoms with Crippen molar-refractivity contribution >= 4 is 5.88 Å². The number of nitrogens with two attached hydrogens (primary N) is 1. The molecule has 0 fully saturated rings. The molecule has 21 heavy (non-hydrogen) atoms. The summed E-state index contributed by atoms with van der Waals surface area (Å²) in [5.41, 5.74) is 7.67. The van der Waals surface area contributed by atoms with Gasteiger partial charge in [0.25, 0.3) is 0 Å². The van der Waals surface area contributed by atoms with Crippen LogP contribution in [-0.4, -0.2) is 5.16 Å². The van der Waals surface area contributed by atoms with Gasteiger partial charge in [-0.15, -0.1) is 0 Å². The number of hydrogen-bond acceptors (Lipinski definition) is 3. The highest BCUT2D eigenvalue weighted by molar-refractivity contribution is 5.87. The van der Waals surface area contributed by atoms with Gasteiger partial charge in [-0.05, 0) is 24.6 Å². The van der Waals surface area contributed by atoms with E-state index in [1.807, 2.05) is 0 Å². The van der Waals surface area contributed by atoms with Crippen LogP contribution in [0.2, 0.25) is 0 Å². The Kier molecular flexibility index (Phi) is 3.17. The van der Waals surface area contributed by atoms with Crippen molar-refractivity contribution in [2.24, 2.45) is 0 Å². The molecule has 0 saturated carbocycles. The minimum Gasteiger partial charge on any atom is -0.367 e. The van der Waals surface area contributed by atoms with E-state index >= 15 is 0 Å². The molecule has 0 amide bonds. The molecule has 0 aliphatic rings. The number of rotatable bonds is 2. The van der Waals surface area contributed by atoms with Crippen LogP contribution in [0, 0.1) is 18.6 Å². The van der Waals surface area contributed by atoms with Crippen molar-refractivity contribution in [3.8, 4) is 22.4 Å². The van der Waals surface area contributed by atoms with Gasteiger partial charge >= 0.3 is 0 Å². The van der Waals surface area contributed by atoms with Crippen LogP contribution < -0.4 is 5.73 Å². The van der Waals surface area contributed by atoms with E-state index in [1.54, 1.807) is 37.3 Å². The quantitative estimate of drug-likeness (QED) is 0.769. The van der Waals surface area contributed by atoms with E-state index in [2.05, 4.69) is 5.16 Å². The van der Waals surface area contributed by atoms with Crippen LogP contribution in [0.25, 0.3) is 22.4 Å². The van der Waals surface area contributed by atoms with Gasteiger partial charge in [0.1, 0.15) is 17.3 Å². The third kappa shape index (κ3) is 2.27. The molecule has 0 radical (unpaired) electrons. The first-order valence-corrected chi connectivity index (χ1v) is 6.34. The van der Waals surface area contributed by atoms with Gasteiger partial charge in [0.15, 0.2) is 0 Å². The molecular weight excluding hydrogens is 274 g/mol. The lowest BCUT2D eigenvalue weighted by Gasteiger charge is -2.05. The molecule has 2 aromatic carbocycles. The van der Waals surface area contributed by atoms with Crippen molar-refractivity contribution in [2.75, 3.05) is 5.73 Å². The maximum atomic E-state index is 14.0. The van der Waals surface area contributed by atoms with Crippen molar-refractivity contribution in [1.29, 1.82) is 0 Å². The Labute approximate surface area is 120 Å². The number of aromatic nitrogens is 1. The fourth-order valence-corrected chi connectivity index (χ4v) is 2.16. The van der Waals surface area contributed by atoms with Crippen molar-refractivity contribution in [3.05, 3.63) is 59.7 Å². The molecule has 1 aromatic heterocycles. The zero-order chi connectivity index (χ0) is 15.0.